The number of rotatable bonds is 3. The first kappa shape index (κ1) is 11.1. The van der Waals surface area contributed by atoms with Crippen LogP contribution in [-0.2, 0) is 9.84 Å². The van der Waals surface area contributed by atoms with Crippen LogP contribution in [0.25, 0.3) is 0 Å². The molecule has 0 atom stereocenters. The Hall–Kier alpha value is -0.990. The number of hydrogen-bond acceptors (Lipinski definition) is 4. The number of benzene rings is 1. The summed E-state index contributed by atoms with van der Waals surface area (Å²) < 4.78 is 23.0. The van der Waals surface area contributed by atoms with Gasteiger partial charge in [-0.2, -0.15) is 17.9 Å². The normalized spacial score (nSPS) is 10.9. The van der Waals surface area contributed by atoms with Crippen molar-refractivity contribution in [2.24, 2.45) is 0 Å². The van der Waals surface area contributed by atoms with Gasteiger partial charge >= 0.3 is 0 Å². The van der Waals surface area contributed by atoms with E-state index in [1.165, 1.54) is 24.3 Å². The minimum absolute atomic E-state index is 0.0159. The molecule has 74 valence electrons. The predicted molar refractivity (Wildman–Crippen MR) is 57.1 cm³/mol. The maximum Gasteiger partial charge on any atom is 0.179 e. The SMILES string of the molecule is N#Cc1ccc(S(=O)(=O)CCS)cc1. The van der Waals surface area contributed by atoms with Crippen molar-refractivity contribution >= 4 is 22.5 Å². The summed E-state index contributed by atoms with van der Waals surface area (Å²) in [4.78, 5) is 0.241. The number of nitriles is 1. The Bertz CT molecular complexity index is 443. The van der Waals surface area contributed by atoms with E-state index in [9.17, 15) is 8.42 Å². The van der Waals surface area contributed by atoms with Crippen molar-refractivity contribution in [3.8, 4) is 6.07 Å². The van der Waals surface area contributed by atoms with Crippen molar-refractivity contribution in [3.63, 3.8) is 0 Å². The smallest absolute Gasteiger partial charge is 0.179 e. The molecular weight excluding hydrogens is 218 g/mol. The minimum Gasteiger partial charge on any atom is -0.224 e. The van der Waals surface area contributed by atoms with Gasteiger partial charge < -0.3 is 0 Å². The van der Waals surface area contributed by atoms with Crippen molar-refractivity contribution in [2.75, 3.05) is 11.5 Å². The fourth-order valence-corrected chi connectivity index (χ4v) is 2.72. The van der Waals surface area contributed by atoms with E-state index in [0.717, 1.165) is 0 Å². The summed E-state index contributed by atoms with van der Waals surface area (Å²) in [5, 5.41) is 8.52. The van der Waals surface area contributed by atoms with Crippen LogP contribution < -0.4 is 0 Å². The molecule has 0 amide bonds. The van der Waals surface area contributed by atoms with Crippen molar-refractivity contribution in [1.29, 1.82) is 5.26 Å². The van der Waals surface area contributed by atoms with E-state index in [1.54, 1.807) is 0 Å². The molecule has 0 N–H and O–H groups in total. The van der Waals surface area contributed by atoms with E-state index >= 15 is 0 Å². The highest BCUT2D eigenvalue weighted by Gasteiger charge is 2.12. The first-order chi connectivity index (χ1) is 6.60. The van der Waals surface area contributed by atoms with Crippen LogP contribution in [0, 0.1) is 11.3 Å². The maximum atomic E-state index is 11.5. The molecule has 0 aliphatic heterocycles. The van der Waals surface area contributed by atoms with Crippen molar-refractivity contribution in [3.05, 3.63) is 29.8 Å². The first-order valence-corrected chi connectivity index (χ1v) is 6.22. The second-order valence-electron chi connectivity index (χ2n) is 2.68. The molecule has 0 heterocycles. The molecule has 0 radical (unpaired) electrons. The fraction of sp³-hybridized carbons (Fsp3) is 0.222. The van der Waals surface area contributed by atoms with E-state index in [1.807, 2.05) is 6.07 Å². The Morgan fingerprint density at radius 1 is 1.29 bits per heavy atom. The van der Waals surface area contributed by atoms with Crippen LogP contribution in [0.5, 0.6) is 0 Å². The van der Waals surface area contributed by atoms with E-state index < -0.39 is 9.84 Å². The highest BCUT2D eigenvalue weighted by Crippen LogP contribution is 2.12. The third-order valence-electron chi connectivity index (χ3n) is 1.70. The lowest BCUT2D eigenvalue weighted by Gasteiger charge is -2.01. The molecule has 0 aromatic heterocycles. The summed E-state index contributed by atoms with van der Waals surface area (Å²) in [5.41, 5.74) is 0.454. The van der Waals surface area contributed by atoms with Crippen LogP contribution in [0.15, 0.2) is 29.2 Å². The largest absolute Gasteiger partial charge is 0.224 e. The van der Waals surface area contributed by atoms with Gasteiger partial charge in [-0.25, -0.2) is 8.42 Å². The number of hydrogen-bond donors (Lipinski definition) is 1. The monoisotopic (exact) mass is 227 g/mol. The van der Waals surface area contributed by atoms with Crippen molar-refractivity contribution in [1.82, 2.24) is 0 Å². The number of thiol groups is 1. The topological polar surface area (TPSA) is 57.9 Å². The first-order valence-electron chi connectivity index (χ1n) is 3.94. The van der Waals surface area contributed by atoms with E-state index in [2.05, 4.69) is 12.6 Å². The number of nitrogens with zero attached hydrogens (tertiary/aromatic N) is 1. The molecule has 0 saturated heterocycles. The van der Waals surface area contributed by atoms with Crippen LogP contribution >= 0.6 is 12.6 Å². The third kappa shape index (κ3) is 2.50. The van der Waals surface area contributed by atoms with Gasteiger partial charge in [0.25, 0.3) is 0 Å². The predicted octanol–water partition coefficient (Wildman–Crippen LogP) is 1.26. The zero-order chi connectivity index (χ0) is 10.6. The van der Waals surface area contributed by atoms with Crippen LogP contribution in [0.3, 0.4) is 0 Å². The molecular formula is C9H9NO2S2. The van der Waals surface area contributed by atoms with Gasteiger partial charge in [0.15, 0.2) is 9.84 Å². The zero-order valence-electron chi connectivity index (χ0n) is 7.34. The third-order valence-corrected chi connectivity index (χ3v) is 3.96. The second-order valence-corrected chi connectivity index (χ2v) is 5.24. The van der Waals surface area contributed by atoms with Crippen LogP contribution in [0.4, 0.5) is 0 Å². The molecule has 3 nitrogen and oxygen atoms in total. The van der Waals surface area contributed by atoms with Crippen LogP contribution in [-0.4, -0.2) is 19.9 Å². The van der Waals surface area contributed by atoms with E-state index in [-0.39, 0.29) is 10.6 Å². The van der Waals surface area contributed by atoms with Gasteiger partial charge in [0, 0.05) is 5.75 Å². The highest BCUT2D eigenvalue weighted by molar-refractivity contribution is 7.92. The summed E-state index contributed by atoms with van der Waals surface area (Å²) in [7, 11) is -3.22. The molecule has 1 rings (SSSR count). The van der Waals surface area contributed by atoms with Crippen molar-refractivity contribution < 1.29 is 8.42 Å². The Balaban J connectivity index is 3.05. The van der Waals surface area contributed by atoms with Crippen LogP contribution in [0.1, 0.15) is 5.56 Å². The summed E-state index contributed by atoms with van der Waals surface area (Å²) in [6.45, 7) is 0. The lowest BCUT2D eigenvalue weighted by Crippen LogP contribution is -2.07. The average molecular weight is 227 g/mol. The fourth-order valence-electron chi connectivity index (χ4n) is 0.975. The molecule has 0 bridgehead atoms. The highest BCUT2D eigenvalue weighted by atomic mass is 32.2. The summed E-state index contributed by atoms with van der Waals surface area (Å²) in [6, 6.07) is 7.79. The maximum absolute atomic E-state index is 11.5. The lowest BCUT2D eigenvalue weighted by molar-refractivity contribution is 0.597. The molecule has 0 saturated carbocycles. The van der Waals surface area contributed by atoms with Gasteiger partial charge in [0.1, 0.15) is 0 Å². The number of sulfone groups is 1. The molecule has 0 fully saturated rings. The average Bonchev–Trinajstić information content (AvgIpc) is 2.18. The van der Waals surface area contributed by atoms with Crippen molar-refractivity contribution in [2.45, 2.75) is 4.90 Å². The molecule has 14 heavy (non-hydrogen) atoms. The molecule has 5 heteroatoms. The molecule has 0 aliphatic carbocycles. The molecule has 1 aromatic carbocycles. The van der Waals surface area contributed by atoms with Gasteiger partial charge in [-0.15, -0.1) is 0 Å². The molecule has 0 spiro atoms. The van der Waals surface area contributed by atoms with Gasteiger partial charge in [-0.1, -0.05) is 0 Å². The van der Waals surface area contributed by atoms with Gasteiger partial charge in [-0.05, 0) is 24.3 Å². The molecule has 0 aliphatic rings. The van der Waals surface area contributed by atoms with Gasteiger partial charge in [-0.3, -0.25) is 0 Å². The second kappa shape index (κ2) is 4.49. The van der Waals surface area contributed by atoms with Gasteiger partial charge in [0.2, 0.25) is 0 Å². The Kier molecular flexibility index (Phi) is 3.55. The zero-order valence-corrected chi connectivity index (χ0v) is 9.05. The Labute approximate surface area is 88.7 Å². The summed E-state index contributed by atoms with van der Waals surface area (Å²) in [6.07, 6.45) is 0. The van der Waals surface area contributed by atoms with Crippen LogP contribution in [0.2, 0.25) is 0 Å². The quantitative estimate of drug-likeness (QED) is 0.791. The Morgan fingerprint density at radius 2 is 1.86 bits per heavy atom. The molecule has 1 aromatic rings. The summed E-state index contributed by atoms with van der Waals surface area (Å²) >= 11 is 3.87. The minimum atomic E-state index is -3.22. The standard InChI is InChI=1S/C9H9NO2S2/c10-7-8-1-3-9(4-2-8)14(11,12)6-5-13/h1-4,13H,5-6H2. The van der Waals surface area contributed by atoms with Gasteiger partial charge in [0.05, 0.1) is 22.3 Å². The summed E-state index contributed by atoms with van der Waals surface area (Å²) in [5.74, 6) is 0.310. The molecule has 0 unspecified atom stereocenters. The van der Waals surface area contributed by atoms with E-state index in [0.29, 0.717) is 11.3 Å². The van der Waals surface area contributed by atoms with E-state index in [4.69, 9.17) is 5.26 Å². The Morgan fingerprint density at radius 3 is 2.29 bits per heavy atom. The lowest BCUT2D eigenvalue weighted by atomic mass is 10.2.